The third kappa shape index (κ3) is 2.92. The first-order chi connectivity index (χ1) is 12.2. The highest BCUT2D eigenvalue weighted by Crippen LogP contribution is 2.16. The summed E-state index contributed by atoms with van der Waals surface area (Å²) in [4.78, 5) is 0. The van der Waals surface area contributed by atoms with Gasteiger partial charge in [0.1, 0.15) is 0 Å². The molecule has 0 aromatic carbocycles. The van der Waals surface area contributed by atoms with Gasteiger partial charge in [0, 0.05) is 21.6 Å². The fraction of sp³-hybridized carbons (Fsp3) is 0. The van der Waals surface area contributed by atoms with Crippen molar-refractivity contribution in [3.05, 3.63) is 102 Å². The van der Waals surface area contributed by atoms with Gasteiger partial charge >= 0.3 is 0 Å². The summed E-state index contributed by atoms with van der Waals surface area (Å²) in [7, 11) is 0. The highest BCUT2D eigenvalue weighted by molar-refractivity contribution is 5.82. The summed E-state index contributed by atoms with van der Waals surface area (Å²) in [6, 6.07) is 0. The molecule has 0 aliphatic heterocycles. The van der Waals surface area contributed by atoms with E-state index in [4.69, 9.17) is 0 Å². The van der Waals surface area contributed by atoms with Crippen molar-refractivity contribution >= 4 is 42.0 Å². The van der Waals surface area contributed by atoms with Crippen molar-refractivity contribution < 1.29 is 0 Å². The maximum atomic E-state index is 4.02. The molecular weight excluding hydrogens is 302 g/mol. The number of hydrogen-bond acceptors (Lipinski definition) is 0. The van der Waals surface area contributed by atoms with Crippen LogP contribution in [-0.2, 0) is 0 Å². The van der Waals surface area contributed by atoms with Crippen LogP contribution in [-0.4, -0.2) is 4.40 Å². The van der Waals surface area contributed by atoms with E-state index in [1.54, 1.807) is 24.3 Å². The van der Waals surface area contributed by atoms with Crippen LogP contribution in [0, 0.1) is 0 Å². The lowest BCUT2D eigenvalue weighted by Gasteiger charge is -1.97. The van der Waals surface area contributed by atoms with E-state index in [9.17, 15) is 0 Å². The second kappa shape index (κ2) is 7.98. The van der Waals surface area contributed by atoms with Crippen LogP contribution in [0.1, 0.15) is 16.8 Å². The fourth-order valence-electron chi connectivity index (χ4n) is 3.13. The number of aromatic nitrogens is 1. The molecule has 0 atom stereocenters. The Balaban J connectivity index is 3.39. The molecular formula is C24H23N. The van der Waals surface area contributed by atoms with Crippen molar-refractivity contribution in [3.8, 4) is 0 Å². The Hall–Kier alpha value is -3.32. The molecule has 124 valence electrons. The predicted molar refractivity (Wildman–Crippen MR) is 115 cm³/mol. The van der Waals surface area contributed by atoms with Crippen LogP contribution in [0.25, 0.3) is 42.0 Å². The summed E-state index contributed by atoms with van der Waals surface area (Å²) in [5, 5.41) is 3.14. The first-order valence-corrected chi connectivity index (χ1v) is 8.02. The topological polar surface area (TPSA) is 4.41 Å². The summed E-state index contributed by atoms with van der Waals surface area (Å²) in [5.74, 6) is 0. The standard InChI is InChI=1S/C24H23N/c1-7-13-17-23-18(11-5)21(15-9-3)24-19(12-6)20(14-8-2)22(16-10-4)25(23)24/h7-17H,1-6H2/b17-13-,20-14-,21-15-,22-16+. The largest absolute Gasteiger partial charge is 0.308 e. The van der Waals surface area contributed by atoms with Gasteiger partial charge in [0.05, 0.1) is 16.6 Å². The van der Waals surface area contributed by atoms with E-state index in [2.05, 4.69) is 43.9 Å². The van der Waals surface area contributed by atoms with E-state index in [0.29, 0.717) is 0 Å². The number of rotatable bonds is 7. The molecule has 1 nitrogen and oxygen atoms in total. The molecule has 2 aromatic rings. The second-order valence-corrected chi connectivity index (χ2v) is 5.32. The summed E-state index contributed by atoms with van der Waals surface area (Å²) < 4.78 is 2.19. The van der Waals surface area contributed by atoms with Gasteiger partial charge in [-0.1, -0.05) is 94.2 Å². The Bertz CT molecular complexity index is 1080. The number of fused-ring (bicyclic) bond motifs is 1. The van der Waals surface area contributed by atoms with Crippen LogP contribution < -0.4 is 15.8 Å². The minimum absolute atomic E-state index is 1.02. The smallest absolute Gasteiger partial charge is 0.0620 e. The van der Waals surface area contributed by atoms with Gasteiger partial charge in [-0.3, -0.25) is 0 Å². The maximum absolute atomic E-state index is 4.02. The van der Waals surface area contributed by atoms with E-state index in [0.717, 1.165) is 38.1 Å². The lowest BCUT2D eigenvalue weighted by Crippen LogP contribution is -2.27. The zero-order valence-electron chi connectivity index (χ0n) is 14.5. The number of allylic oxidation sites excluding steroid dienone is 5. The Morgan fingerprint density at radius 2 is 1.24 bits per heavy atom. The van der Waals surface area contributed by atoms with Crippen molar-refractivity contribution in [2.45, 2.75) is 0 Å². The van der Waals surface area contributed by atoms with Gasteiger partial charge in [0.2, 0.25) is 0 Å². The average molecular weight is 325 g/mol. The summed E-state index contributed by atoms with van der Waals surface area (Å²) in [6.45, 7) is 23.4. The summed E-state index contributed by atoms with van der Waals surface area (Å²) in [6.07, 6.45) is 20.8. The van der Waals surface area contributed by atoms with Gasteiger partial charge in [0.15, 0.2) is 0 Å². The Kier molecular flexibility index (Phi) is 5.75. The van der Waals surface area contributed by atoms with E-state index >= 15 is 0 Å². The highest BCUT2D eigenvalue weighted by Gasteiger charge is 2.16. The fourth-order valence-corrected chi connectivity index (χ4v) is 3.13. The second-order valence-electron chi connectivity index (χ2n) is 5.32. The van der Waals surface area contributed by atoms with E-state index < -0.39 is 0 Å². The lowest BCUT2D eigenvalue weighted by molar-refractivity contribution is 1.14. The molecule has 25 heavy (non-hydrogen) atoms. The molecule has 0 radical (unpaired) electrons. The first kappa shape index (κ1) is 18.0. The minimum atomic E-state index is 1.02. The lowest BCUT2D eigenvalue weighted by atomic mass is 10.1. The van der Waals surface area contributed by atoms with E-state index in [1.165, 1.54) is 0 Å². The van der Waals surface area contributed by atoms with Crippen LogP contribution in [0.15, 0.2) is 69.9 Å². The Morgan fingerprint density at radius 3 is 1.76 bits per heavy atom. The molecule has 0 amide bonds. The molecule has 2 aromatic heterocycles. The van der Waals surface area contributed by atoms with Gasteiger partial charge in [-0.25, -0.2) is 0 Å². The van der Waals surface area contributed by atoms with Gasteiger partial charge in [0.25, 0.3) is 0 Å². The van der Waals surface area contributed by atoms with Crippen molar-refractivity contribution in [2.24, 2.45) is 0 Å². The average Bonchev–Trinajstić information content (AvgIpc) is 3.07. The molecule has 0 bridgehead atoms. The number of hydrogen-bond donors (Lipinski definition) is 0. The Labute approximate surface area is 149 Å². The normalized spacial score (nSPS) is 13.5. The van der Waals surface area contributed by atoms with E-state index in [1.807, 2.05) is 42.5 Å². The molecule has 2 rings (SSSR count). The molecule has 1 heteroatoms. The Morgan fingerprint density at radius 1 is 0.640 bits per heavy atom. The van der Waals surface area contributed by atoms with Gasteiger partial charge in [-0.05, 0) is 12.2 Å². The highest BCUT2D eigenvalue weighted by atomic mass is 14.9. The van der Waals surface area contributed by atoms with Crippen LogP contribution >= 0.6 is 0 Å². The quantitative estimate of drug-likeness (QED) is 0.677. The molecule has 0 saturated carbocycles. The van der Waals surface area contributed by atoms with Crippen LogP contribution in [0.2, 0.25) is 0 Å². The maximum Gasteiger partial charge on any atom is 0.0620 e. The SMILES string of the molecule is C=C/C=C\c1c(C=C)/c(=C/C=C)c2c(C=C)c(=C/C=C)/c(=C\C=C)n12. The number of nitrogens with zero attached hydrogens (tertiary/aromatic N) is 1. The monoisotopic (exact) mass is 325 g/mol. The summed E-state index contributed by atoms with van der Waals surface area (Å²) >= 11 is 0. The van der Waals surface area contributed by atoms with E-state index in [-0.39, 0.29) is 0 Å². The van der Waals surface area contributed by atoms with Gasteiger partial charge < -0.3 is 4.40 Å². The molecule has 0 aliphatic carbocycles. The molecule has 0 N–H and O–H groups in total. The third-order valence-corrected chi connectivity index (χ3v) is 3.99. The van der Waals surface area contributed by atoms with Crippen LogP contribution in [0.4, 0.5) is 0 Å². The minimum Gasteiger partial charge on any atom is -0.308 e. The van der Waals surface area contributed by atoms with Crippen molar-refractivity contribution in [2.75, 3.05) is 0 Å². The summed E-state index contributed by atoms with van der Waals surface area (Å²) in [5.41, 5.74) is 4.18. The molecule has 0 saturated heterocycles. The zero-order chi connectivity index (χ0) is 18.4. The van der Waals surface area contributed by atoms with Crippen LogP contribution in [0.5, 0.6) is 0 Å². The van der Waals surface area contributed by atoms with Crippen molar-refractivity contribution in [1.29, 1.82) is 0 Å². The van der Waals surface area contributed by atoms with Crippen molar-refractivity contribution in [3.63, 3.8) is 0 Å². The third-order valence-electron chi connectivity index (χ3n) is 3.99. The van der Waals surface area contributed by atoms with Gasteiger partial charge in [-0.15, -0.1) is 0 Å². The first-order valence-electron chi connectivity index (χ1n) is 8.02. The molecule has 0 fully saturated rings. The predicted octanol–water partition coefficient (Wildman–Crippen LogP) is 4.04. The molecule has 0 unspecified atom stereocenters. The van der Waals surface area contributed by atoms with Crippen LogP contribution in [0.3, 0.4) is 0 Å². The molecule has 0 spiro atoms. The molecule has 0 aliphatic rings. The van der Waals surface area contributed by atoms with Gasteiger partial charge in [-0.2, -0.15) is 0 Å². The zero-order valence-corrected chi connectivity index (χ0v) is 14.5. The molecule has 2 heterocycles. The van der Waals surface area contributed by atoms with Crippen molar-refractivity contribution in [1.82, 2.24) is 4.40 Å².